The molecule has 10 heteroatoms. The highest BCUT2D eigenvalue weighted by Gasteiger charge is 2.49. The minimum atomic E-state index is -0.452. The van der Waals surface area contributed by atoms with E-state index in [0.29, 0.717) is 53.9 Å². The Bertz CT molecular complexity index is 1370. The fourth-order valence-corrected chi connectivity index (χ4v) is 5.61. The van der Waals surface area contributed by atoms with Crippen molar-refractivity contribution < 1.29 is 24.8 Å². The Balaban J connectivity index is 0.00000353. The lowest BCUT2D eigenvalue weighted by Gasteiger charge is -2.43. The molecule has 0 bridgehead atoms. The monoisotopic (exact) mass is 523 g/mol. The number of fused-ring (bicyclic) bond motifs is 3. The number of carbonyl (C=O) groups excluding carboxylic acids is 1. The van der Waals surface area contributed by atoms with Gasteiger partial charge in [0, 0.05) is 26.0 Å². The zero-order chi connectivity index (χ0) is 27.0. The van der Waals surface area contributed by atoms with Crippen molar-refractivity contribution >= 4 is 17.5 Å². The number of aryl methyl sites for hydroxylation is 2. The minimum Gasteiger partial charge on any atom is -0.493 e. The van der Waals surface area contributed by atoms with E-state index in [9.17, 15) is 9.18 Å². The van der Waals surface area contributed by atoms with Gasteiger partial charge in [0.1, 0.15) is 6.10 Å². The van der Waals surface area contributed by atoms with Crippen LogP contribution in [0.4, 0.5) is 15.9 Å². The minimum absolute atomic E-state index is 0. The molecule has 2 aliphatic heterocycles. The standard InChI is InChI=1S/C28H32FN5O4.H2/c1-6-28-13-18(38-23-11-16(3)24(17(4)31-23)27(35)37-7-2)14-34(28)22-12-21(32-33-26(22)30-15-28)19-9-8-10-20(29)25(19)36-5;/h8-12,18H,6-7,13-15H2,1-5H3,(H,30,33);1H/t18-,28-;/m1./s1. The second kappa shape index (κ2) is 10.1. The molecule has 2 aliphatic rings. The Morgan fingerprint density at radius 2 is 2.08 bits per heavy atom. The number of nitrogens with one attached hydrogen (secondary N) is 1. The molecule has 1 fully saturated rings. The number of hydrogen-bond acceptors (Lipinski definition) is 9. The van der Waals surface area contributed by atoms with E-state index in [4.69, 9.17) is 14.2 Å². The molecule has 3 aromatic rings. The van der Waals surface area contributed by atoms with Crippen molar-refractivity contribution in [3.8, 4) is 22.9 Å². The molecular formula is C28H34FN5O4. The van der Waals surface area contributed by atoms with Gasteiger partial charge in [-0.05, 0) is 51.0 Å². The maximum absolute atomic E-state index is 14.4. The lowest BCUT2D eigenvalue weighted by atomic mass is 9.90. The van der Waals surface area contributed by atoms with Crippen LogP contribution in [0.2, 0.25) is 0 Å². The van der Waals surface area contributed by atoms with E-state index in [0.717, 1.165) is 24.1 Å². The zero-order valence-corrected chi connectivity index (χ0v) is 22.3. The first-order valence-electron chi connectivity index (χ1n) is 12.8. The van der Waals surface area contributed by atoms with Crippen LogP contribution in [0.15, 0.2) is 30.3 Å². The average molecular weight is 524 g/mol. The number of hydrogen-bond donors (Lipinski definition) is 1. The van der Waals surface area contributed by atoms with Crippen LogP contribution in [0.1, 0.15) is 49.7 Å². The molecule has 1 N–H and O–H groups in total. The average Bonchev–Trinajstić information content (AvgIpc) is 3.27. The number of rotatable bonds is 7. The Kier molecular flexibility index (Phi) is 6.81. The molecule has 4 heterocycles. The first-order chi connectivity index (χ1) is 18.3. The SMILES string of the molecule is CCOC(=O)c1c(C)cc(O[C@H]2CN3c4cc(-c5cccc(F)c5OC)nnc4NC[C@@]3(CC)C2)nc1C.[HH]. The molecular weight excluding hydrogens is 489 g/mol. The van der Waals surface area contributed by atoms with Gasteiger partial charge in [0.05, 0.1) is 48.4 Å². The number of halogens is 1. The van der Waals surface area contributed by atoms with Crippen molar-refractivity contribution in [2.75, 3.05) is 37.0 Å². The molecule has 0 aliphatic carbocycles. The fraction of sp³-hybridized carbons (Fsp3) is 0.429. The number of aromatic nitrogens is 3. The Morgan fingerprint density at radius 1 is 1.26 bits per heavy atom. The molecule has 1 saturated heterocycles. The van der Waals surface area contributed by atoms with Gasteiger partial charge < -0.3 is 24.4 Å². The number of nitrogens with zero attached hydrogens (tertiary/aromatic N) is 4. The third-order valence-corrected chi connectivity index (χ3v) is 7.46. The van der Waals surface area contributed by atoms with Gasteiger partial charge >= 0.3 is 5.97 Å². The number of pyridine rings is 1. The molecule has 9 nitrogen and oxygen atoms in total. The Morgan fingerprint density at radius 3 is 2.79 bits per heavy atom. The van der Waals surface area contributed by atoms with Crippen molar-refractivity contribution in [1.29, 1.82) is 0 Å². The summed E-state index contributed by atoms with van der Waals surface area (Å²) in [7, 11) is 1.44. The van der Waals surface area contributed by atoms with E-state index in [1.54, 1.807) is 32.0 Å². The second-order valence-electron chi connectivity index (χ2n) is 9.73. The van der Waals surface area contributed by atoms with Crippen LogP contribution in [-0.2, 0) is 4.74 Å². The van der Waals surface area contributed by atoms with E-state index >= 15 is 0 Å². The predicted octanol–water partition coefficient (Wildman–Crippen LogP) is 4.96. The third-order valence-electron chi connectivity index (χ3n) is 7.46. The molecule has 2 atom stereocenters. The summed E-state index contributed by atoms with van der Waals surface area (Å²) in [5, 5.41) is 12.2. The lowest BCUT2D eigenvalue weighted by Crippen LogP contribution is -2.52. The molecule has 0 amide bonds. The first kappa shape index (κ1) is 25.7. The number of benzene rings is 1. The van der Waals surface area contributed by atoms with Gasteiger partial charge in [-0.15, -0.1) is 10.2 Å². The number of anilines is 2. The number of methoxy groups -OCH3 is 1. The van der Waals surface area contributed by atoms with Crippen molar-refractivity contribution in [3.05, 3.63) is 53.0 Å². The van der Waals surface area contributed by atoms with E-state index < -0.39 is 5.82 Å². The smallest absolute Gasteiger partial charge is 0.340 e. The summed E-state index contributed by atoms with van der Waals surface area (Å²) in [6, 6.07) is 8.48. The zero-order valence-electron chi connectivity index (χ0n) is 22.3. The van der Waals surface area contributed by atoms with E-state index in [1.807, 2.05) is 13.0 Å². The largest absolute Gasteiger partial charge is 0.493 e. The molecule has 38 heavy (non-hydrogen) atoms. The van der Waals surface area contributed by atoms with Gasteiger partial charge in [0.25, 0.3) is 0 Å². The molecule has 0 saturated carbocycles. The third kappa shape index (κ3) is 4.37. The van der Waals surface area contributed by atoms with E-state index in [2.05, 4.69) is 32.3 Å². The molecule has 5 rings (SSSR count). The summed E-state index contributed by atoms with van der Waals surface area (Å²) in [4.78, 5) is 19.2. The summed E-state index contributed by atoms with van der Waals surface area (Å²) in [5.74, 6) is 0.469. The van der Waals surface area contributed by atoms with Crippen LogP contribution >= 0.6 is 0 Å². The molecule has 2 aromatic heterocycles. The van der Waals surface area contributed by atoms with Crippen LogP contribution in [0.3, 0.4) is 0 Å². The summed E-state index contributed by atoms with van der Waals surface area (Å²) in [6.45, 7) is 9.21. The molecule has 1 aromatic carbocycles. The van der Waals surface area contributed by atoms with Crippen LogP contribution in [-0.4, -0.2) is 59.6 Å². The van der Waals surface area contributed by atoms with Gasteiger partial charge in [0.15, 0.2) is 17.4 Å². The van der Waals surface area contributed by atoms with E-state index in [-0.39, 0.29) is 24.8 Å². The van der Waals surface area contributed by atoms with Gasteiger partial charge in [-0.3, -0.25) is 0 Å². The highest BCUT2D eigenvalue weighted by atomic mass is 19.1. The topological polar surface area (TPSA) is 98.7 Å². The fourth-order valence-electron chi connectivity index (χ4n) is 5.61. The molecule has 202 valence electrons. The van der Waals surface area contributed by atoms with Crippen LogP contribution in [0, 0.1) is 19.7 Å². The normalized spacial score (nSPS) is 19.8. The maximum atomic E-state index is 14.4. The van der Waals surface area contributed by atoms with Gasteiger partial charge in [-0.2, -0.15) is 0 Å². The predicted molar refractivity (Wildman–Crippen MR) is 144 cm³/mol. The van der Waals surface area contributed by atoms with Crippen molar-refractivity contribution in [2.24, 2.45) is 0 Å². The number of ether oxygens (including phenoxy) is 3. The van der Waals surface area contributed by atoms with Crippen LogP contribution in [0.25, 0.3) is 11.3 Å². The van der Waals surface area contributed by atoms with Crippen LogP contribution < -0.4 is 19.7 Å². The van der Waals surface area contributed by atoms with Crippen LogP contribution in [0.5, 0.6) is 11.6 Å². The lowest BCUT2D eigenvalue weighted by molar-refractivity contribution is 0.0524. The summed E-state index contributed by atoms with van der Waals surface area (Å²) < 4.78 is 31.3. The van der Waals surface area contributed by atoms with Crippen molar-refractivity contribution in [3.63, 3.8) is 0 Å². The van der Waals surface area contributed by atoms with Crippen molar-refractivity contribution in [1.82, 2.24) is 15.2 Å². The van der Waals surface area contributed by atoms with Gasteiger partial charge in [-0.1, -0.05) is 13.0 Å². The summed E-state index contributed by atoms with van der Waals surface area (Å²) >= 11 is 0. The summed E-state index contributed by atoms with van der Waals surface area (Å²) in [6.07, 6.45) is 1.52. The first-order valence-corrected chi connectivity index (χ1v) is 12.8. The van der Waals surface area contributed by atoms with Crippen molar-refractivity contribution in [2.45, 2.75) is 52.2 Å². The molecule has 0 spiro atoms. The van der Waals surface area contributed by atoms with Gasteiger partial charge in [-0.25, -0.2) is 14.2 Å². The highest BCUT2D eigenvalue weighted by molar-refractivity contribution is 5.92. The number of esters is 1. The summed E-state index contributed by atoms with van der Waals surface area (Å²) in [5.41, 5.74) is 3.58. The Hall–Kier alpha value is -3.95. The van der Waals surface area contributed by atoms with Gasteiger partial charge in [0.2, 0.25) is 5.88 Å². The quantitative estimate of drug-likeness (QED) is 0.431. The molecule has 0 unspecified atom stereocenters. The number of carbonyl (C=O) groups is 1. The highest BCUT2D eigenvalue weighted by Crippen LogP contribution is 2.45. The number of para-hydroxylation sites is 1. The second-order valence-corrected chi connectivity index (χ2v) is 9.73. The molecule has 0 radical (unpaired) electrons. The van der Waals surface area contributed by atoms with E-state index in [1.165, 1.54) is 13.2 Å². The maximum Gasteiger partial charge on any atom is 0.340 e. The Labute approximate surface area is 222 Å².